The molecule has 21 heavy (non-hydrogen) atoms. The molecule has 3 N–H and O–H groups in total. The molecule has 1 unspecified atom stereocenters. The van der Waals surface area contributed by atoms with Crippen LogP contribution in [0.5, 0.6) is 0 Å². The highest BCUT2D eigenvalue weighted by Gasteiger charge is 2.42. The van der Waals surface area contributed by atoms with Gasteiger partial charge in [0.05, 0.1) is 11.3 Å². The smallest absolute Gasteiger partial charge is 0.224 e. The summed E-state index contributed by atoms with van der Waals surface area (Å²) in [7, 11) is 1.63. The topological polar surface area (TPSA) is 72.2 Å². The molecule has 1 saturated carbocycles. The van der Waals surface area contributed by atoms with Crippen molar-refractivity contribution >= 4 is 11.8 Å². The van der Waals surface area contributed by atoms with Crippen LogP contribution in [0.4, 0.5) is 0 Å². The van der Waals surface area contributed by atoms with E-state index in [1.165, 1.54) is 25.7 Å². The van der Waals surface area contributed by atoms with Crippen molar-refractivity contribution in [2.24, 2.45) is 23.0 Å². The van der Waals surface area contributed by atoms with Crippen molar-refractivity contribution in [1.82, 2.24) is 5.32 Å². The zero-order valence-corrected chi connectivity index (χ0v) is 14.5. The zero-order chi connectivity index (χ0) is 16.5. The second-order valence-electron chi connectivity index (χ2n) is 6.03. The molecule has 1 aliphatic carbocycles. The largest absolute Gasteiger partial charge is 0.369 e. The van der Waals surface area contributed by atoms with Crippen molar-refractivity contribution in [3.05, 3.63) is 0 Å². The zero-order valence-electron chi connectivity index (χ0n) is 14.5. The lowest BCUT2D eigenvalue weighted by Crippen LogP contribution is -2.47. The molecule has 1 fully saturated rings. The molecule has 0 aromatic heterocycles. The average Bonchev–Trinajstić information content (AvgIpc) is 3.01. The Kier molecular flexibility index (Phi) is 9.31. The van der Waals surface area contributed by atoms with Crippen LogP contribution < -0.4 is 11.1 Å². The minimum absolute atomic E-state index is 0.0545. The van der Waals surface area contributed by atoms with Crippen LogP contribution in [-0.4, -0.2) is 18.9 Å². The van der Waals surface area contributed by atoms with Gasteiger partial charge in [-0.15, -0.1) is 0 Å². The van der Waals surface area contributed by atoms with Gasteiger partial charge >= 0.3 is 0 Å². The van der Waals surface area contributed by atoms with Crippen molar-refractivity contribution in [1.29, 1.82) is 0 Å². The highest BCUT2D eigenvalue weighted by atomic mass is 16.2. The van der Waals surface area contributed by atoms with Crippen LogP contribution in [0.15, 0.2) is 0 Å². The fourth-order valence-corrected chi connectivity index (χ4v) is 3.21. The predicted octanol–water partition coefficient (Wildman–Crippen LogP) is 3.25. The van der Waals surface area contributed by atoms with Gasteiger partial charge in [-0.1, -0.05) is 53.4 Å². The third-order valence-corrected chi connectivity index (χ3v) is 4.97. The van der Waals surface area contributed by atoms with Crippen LogP contribution >= 0.6 is 0 Å². The summed E-state index contributed by atoms with van der Waals surface area (Å²) >= 11 is 0. The van der Waals surface area contributed by atoms with E-state index in [1.807, 2.05) is 27.7 Å². The molecule has 1 aliphatic rings. The van der Waals surface area contributed by atoms with Crippen LogP contribution in [0, 0.1) is 17.3 Å². The van der Waals surface area contributed by atoms with Gasteiger partial charge in [-0.25, -0.2) is 0 Å². The van der Waals surface area contributed by atoms with Crippen LogP contribution in [0.1, 0.15) is 72.6 Å². The number of nitrogens with one attached hydrogen (secondary N) is 1. The maximum absolute atomic E-state index is 12.1. The van der Waals surface area contributed by atoms with E-state index in [-0.39, 0.29) is 17.7 Å². The minimum Gasteiger partial charge on any atom is -0.369 e. The molecule has 0 spiro atoms. The lowest BCUT2D eigenvalue weighted by molar-refractivity contribution is -0.140. The predicted molar refractivity (Wildman–Crippen MR) is 87.7 cm³/mol. The highest BCUT2D eigenvalue weighted by molar-refractivity contribution is 5.89. The number of hydrogen-bond acceptors (Lipinski definition) is 2. The number of rotatable bonds is 7. The molecule has 0 bridgehead atoms. The number of hydrogen-bond donors (Lipinski definition) is 2. The van der Waals surface area contributed by atoms with E-state index in [2.05, 4.69) is 5.32 Å². The molecule has 2 amide bonds. The molecule has 0 aliphatic heterocycles. The van der Waals surface area contributed by atoms with Crippen molar-refractivity contribution in [3.63, 3.8) is 0 Å². The molecule has 0 aromatic carbocycles. The summed E-state index contributed by atoms with van der Waals surface area (Å²) in [5.74, 6) is -0.00194. The fourth-order valence-electron chi connectivity index (χ4n) is 3.21. The maximum atomic E-state index is 12.1. The van der Waals surface area contributed by atoms with E-state index >= 15 is 0 Å². The van der Waals surface area contributed by atoms with Crippen molar-refractivity contribution < 1.29 is 9.59 Å². The van der Waals surface area contributed by atoms with Crippen LogP contribution in [-0.2, 0) is 9.59 Å². The Bertz CT molecular complexity index is 325. The quantitative estimate of drug-likeness (QED) is 0.757. The Hall–Kier alpha value is -1.06. The molecule has 0 heterocycles. The number of carbonyl (C=O) groups excluding carboxylic acids is 2. The molecule has 0 radical (unpaired) electrons. The molecule has 4 heteroatoms. The van der Waals surface area contributed by atoms with E-state index < -0.39 is 5.41 Å². The lowest BCUT2D eigenvalue weighted by atomic mass is 9.71. The molecular formula is C17H34N2O2. The Morgan fingerprint density at radius 3 is 2.19 bits per heavy atom. The fraction of sp³-hybridized carbons (Fsp3) is 0.882. The lowest BCUT2D eigenvalue weighted by Gasteiger charge is -2.33. The third kappa shape index (κ3) is 5.33. The van der Waals surface area contributed by atoms with Gasteiger partial charge in [0.2, 0.25) is 11.8 Å². The molecule has 0 aromatic rings. The van der Waals surface area contributed by atoms with Gasteiger partial charge in [0.25, 0.3) is 0 Å². The Morgan fingerprint density at radius 2 is 1.81 bits per heavy atom. The summed E-state index contributed by atoms with van der Waals surface area (Å²) in [4.78, 5) is 23.9. The van der Waals surface area contributed by atoms with Gasteiger partial charge in [0.1, 0.15) is 0 Å². The highest BCUT2D eigenvalue weighted by Crippen LogP contribution is 2.37. The average molecular weight is 298 g/mol. The normalized spacial score (nSPS) is 19.1. The SMILES string of the molecule is CC.CCC(C)(C(N)=O)[C@@H](CCC1CCCC1)C(=O)NC. The van der Waals surface area contributed by atoms with Gasteiger partial charge < -0.3 is 11.1 Å². The van der Waals surface area contributed by atoms with Gasteiger partial charge in [-0.3, -0.25) is 9.59 Å². The second kappa shape index (κ2) is 9.80. The van der Waals surface area contributed by atoms with E-state index in [1.54, 1.807) is 7.05 Å². The number of nitrogens with two attached hydrogens (primary N) is 1. The monoisotopic (exact) mass is 298 g/mol. The molecule has 4 nitrogen and oxygen atoms in total. The van der Waals surface area contributed by atoms with E-state index in [0.29, 0.717) is 6.42 Å². The number of primary amides is 1. The Morgan fingerprint density at radius 1 is 1.29 bits per heavy atom. The molecule has 1 rings (SSSR count). The Balaban J connectivity index is 0.00000191. The van der Waals surface area contributed by atoms with E-state index in [4.69, 9.17) is 5.73 Å². The first-order chi connectivity index (χ1) is 9.95. The van der Waals surface area contributed by atoms with E-state index in [0.717, 1.165) is 18.8 Å². The Labute approximate surface area is 130 Å². The first-order valence-corrected chi connectivity index (χ1v) is 8.47. The van der Waals surface area contributed by atoms with Crippen molar-refractivity contribution in [3.8, 4) is 0 Å². The summed E-state index contributed by atoms with van der Waals surface area (Å²) in [5, 5.41) is 2.69. The summed E-state index contributed by atoms with van der Waals surface area (Å²) in [5.41, 5.74) is 4.80. The van der Waals surface area contributed by atoms with Gasteiger partial charge in [-0.05, 0) is 25.2 Å². The summed E-state index contributed by atoms with van der Waals surface area (Å²) < 4.78 is 0. The molecule has 2 atom stereocenters. The van der Waals surface area contributed by atoms with Crippen LogP contribution in [0.3, 0.4) is 0 Å². The number of carbonyl (C=O) groups is 2. The number of amides is 2. The van der Waals surface area contributed by atoms with Crippen LogP contribution in [0.2, 0.25) is 0 Å². The minimum atomic E-state index is -0.737. The summed E-state index contributed by atoms with van der Waals surface area (Å²) in [6, 6.07) is 0. The van der Waals surface area contributed by atoms with Gasteiger partial charge in [-0.2, -0.15) is 0 Å². The van der Waals surface area contributed by atoms with Gasteiger partial charge in [0, 0.05) is 7.05 Å². The van der Waals surface area contributed by atoms with Crippen molar-refractivity contribution in [2.45, 2.75) is 72.6 Å². The standard InChI is InChI=1S/C15H28N2O2.C2H6/c1-4-15(2,14(16)19)12(13(18)17-3)10-9-11-7-5-6-8-11;1-2/h11-12H,4-10H2,1-3H3,(H2,16,19)(H,17,18);1-2H3/t12-,15?;/m0./s1. The van der Waals surface area contributed by atoms with Crippen molar-refractivity contribution in [2.75, 3.05) is 7.05 Å². The summed E-state index contributed by atoms with van der Waals surface area (Å²) in [6.45, 7) is 7.75. The summed E-state index contributed by atoms with van der Waals surface area (Å²) in [6.07, 6.45) is 7.52. The molecular weight excluding hydrogens is 264 g/mol. The third-order valence-electron chi connectivity index (χ3n) is 4.97. The first-order valence-electron chi connectivity index (χ1n) is 8.47. The second-order valence-corrected chi connectivity index (χ2v) is 6.03. The maximum Gasteiger partial charge on any atom is 0.224 e. The van der Waals surface area contributed by atoms with Gasteiger partial charge in [0.15, 0.2) is 0 Å². The molecule has 0 saturated heterocycles. The first kappa shape index (κ1) is 19.9. The van der Waals surface area contributed by atoms with E-state index in [9.17, 15) is 9.59 Å². The van der Waals surface area contributed by atoms with Crippen LogP contribution in [0.25, 0.3) is 0 Å². The molecule has 124 valence electrons.